The Balaban J connectivity index is 1.77. The molecule has 0 saturated heterocycles. The number of carbonyl (C=O) groups excluding carboxylic acids is 6. The van der Waals surface area contributed by atoms with Crippen molar-refractivity contribution in [1.82, 2.24) is 4.90 Å². The first-order valence-electron chi connectivity index (χ1n) is 12.9. The summed E-state index contributed by atoms with van der Waals surface area (Å²) in [5, 5.41) is 34.3. The van der Waals surface area contributed by atoms with Gasteiger partial charge in [0.15, 0.2) is 40.4 Å². The Hall–Kier alpha value is -4.32. The predicted molar refractivity (Wildman–Crippen MR) is 143 cm³/mol. The largest absolute Gasteiger partial charge is 0.507 e. The van der Waals surface area contributed by atoms with Gasteiger partial charge in [0.1, 0.15) is 5.75 Å². The summed E-state index contributed by atoms with van der Waals surface area (Å²) >= 11 is 0. The molecule has 7 atom stereocenters. The zero-order chi connectivity index (χ0) is 30.1. The first-order chi connectivity index (χ1) is 19.2. The number of phenols is 1. The Bertz CT molecular complexity index is 1570. The fraction of sp³-hybridized carbons (Fsp3) is 0.333. The van der Waals surface area contributed by atoms with Gasteiger partial charge >= 0.3 is 0 Å². The number of amides is 1. The lowest BCUT2D eigenvalue weighted by Gasteiger charge is -2.55. The van der Waals surface area contributed by atoms with Gasteiger partial charge in [0.2, 0.25) is 5.91 Å². The van der Waals surface area contributed by atoms with Crippen LogP contribution in [0, 0.1) is 23.7 Å². The average molecular weight is 561 g/mol. The Kier molecular flexibility index (Phi) is 6.64. The summed E-state index contributed by atoms with van der Waals surface area (Å²) in [5.74, 6) is -13.7. The number of primary amides is 1. The van der Waals surface area contributed by atoms with Crippen molar-refractivity contribution in [2.75, 3.05) is 14.1 Å². The number of carbonyl (C=O) groups is 6. The molecule has 0 aliphatic heterocycles. The minimum atomic E-state index is -3.09. The van der Waals surface area contributed by atoms with E-state index in [0.717, 1.165) is 0 Å². The molecule has 2 fully saturated rings. The molecular weight excluding hydrogens is 532 g/mol. The summed E-state index contributed by atoms with van der Waals surface area (Å²) in [6, 6.07) is 9.18. The number of phenolic OH excluding ortho intramolecular Hbond substituents is 1. The zero-order valence-corrected chi connectivity index (χ0v) is 22.4. The number of rotatable bonds is 4. The van der Waals surface area contributed by atoms with Gasteiger partial charge in [-0.05, 0) is 43.8 Å². The summed E-state index contributed by atoms with van der Waals surface area (Å²) in [4.78, 5) is 80.0. The number of aliphatic hydroxyl groups excluding tert-OH is 1. The van der Waals surface area contributed by atoms with Crippen LogP contribution in [0.5, 0.6) is 5.75 Å². The molecule has 0 heterocycles. The standard InChI is InChI=1S/C30H28N2O9/c1-12(33)14-9-7-13(8-10-14)11-16-15-5-4-6-17(34)18(15)24(35)20-19(16)25(36)22-23(32(2)3)26(37)21(29(31)40)28(39)30(22,41)27(20)38/h4-11,19-23,25,34,36,41H,1-3H3,(H2,31,40)/t19-,20?,21?,22-,23+,25+,30+/m0/s1. The third-order valence-electron chi connectivity index (χ3n) is 8.51. The number of Topliss-reactive ketones (excluding diaryl/α,β-unsaturated/α-hetero) is 5. The van der Waals surface area contributed by atoms with Crippen molar-refractivity contribution in [3.63, 3.8) is 0 Å². The molecular formula is C30H28N2O9. The lowest BCUT2D eigenvalue weighted by atomic mass is 9.50. The topological polar surface area (TPSA) is 192 Å². The van der Waals surface area contributed by atoms with Gasteiger partial charge in [0.25, 0.3) is 0 Å². The van der Waals surface area contributed by atoms with Gasteiger partial charge in [-0.3, -0.25) is 33.7 Å². The van der Waals surface area contributed by atoms with E-state index in [9.17, 15) is 44.1 Å². The summed E-state index contributed by atoms with van der Waals surface area (Å²) < 4.78 is 0. The highest BCUT2D eigenvalue weighted by molar-refractivity contribution is 6.33. The zero-order valence-electron chi connectivity index (χ0n) is 22.4. The van der Waals surface area contributed by atoms with Crippen molar-refractivity contribution in [1.29, 1.82) is 0 Å². The highest BCUT2D eigenvalue weighted by atomic mass is 16.3. The van der Waals surface area contributed by atoms with E-state index in [1.807, 2.05) is 0 Å². The highest BCUT2D eigenvalue weighted by Gasteiger charge is 2.72. The third-order valence-corrected chi connectivity index (χ3v) is 8.51. The highest BCUT2D eigenvalue weighted by Crippen LogP contribution is 2.54. The van der Waals surface area contributed by atoms with E-state index in [0.29, 0.717) is 11.1 Å². The van der Waals surface area contributed by atoms with Crippen LogP contribution in [0.2, 0.25) is 0 Å². The predicted octanol–water partition coefficient (Wildman–Crippen LogP) is 0.0385. The van der Waals surface area contributed by atoms with Crippen LogP contribution in [0.3, 0.4) is 0 Å². The van der Waals surface area contributed by atoms with Crippen molar-refractivity contribution >= 4 is 46.5 Å². The lowest BCUT2D eigenvalue weighted by Crippen LogP contribution is -2.77. The molecule has 5 N–H and O–H groups in total. The maximum absolute atomic E-state index is 14.1. The number of nitrogens with zero attached hydrogens (tertiary/aromatic N) is 1. The van der Waals surface area contributed by atoms with Gasteiger partial charge < -0.3 is 21.1 Å². The number of nitrogens with two attached hydrogens (primary N) is 1. The second-order valence-corrected chi connectivity index (χ2v) is 11.0. The maximum atomic E-state index is 14.1. The molecule has 2 aromatic rings. The van der Waals surface area contributed by atoms with Crippen LogP contribution in [0.15, 0.2) is 42.5 Å². The molecule has 41 heavy (non-hydrogen) atoms. The molecule has 2 aromatic carbocycles. The van der Waals surface area contributed by atoms with Crippen LogP contribution in [-0.2, 0) is 19.2 Å². The number of fused-ring (bicyclic) bond motifs is 3. The molecule has 2 saturated carbocycles. The van der Waals surface area contributed by atoms with E-state index >= 15 is 0 Å². The number of benzene rings is 2. The molecule has 2 unspecified atom stereocenters. The number of hydrogen-bond acceptors (Lipinski definition) is 10. The number of likely N-dealkylation sites (N-methyl/N-ethyl adjacent to an activating group) is 1. The molecule has 3 aliphatic carbocycles. The Labute approximate surface area is 234 Å². The quantitative estimate of drug-likeness (QED) is 0.293. The van der Waals surface area contributed by atoms with Crippen molar-refractivity contribution in [3.8, 4) is 5.75 Å². The van der Waals surface area contributed by atoms with E-state index in [1.165, 1.54) is 44.1 Å². The minimum absolute atomic E-state index is 0.161. The second-order valence-electron chi connectivity index (χ2n) is 11.0. The molecule has 11 heteroatoms. The van der Waals surface area contributed by atoms with Gasteiger partial charge in [-0.15, -0.1) is 0 Å². The first kappa shape index (κ1) is 28.2. The van der Waals surface area contributed by atoms with E-state index < -0.39 is 76.2 Å². The Morgan fingerprint density at radius 3 is 2.20 bits per heavy atom. The smallest absolute Gasteiger partial charge is 0.235 e. The van der Waals surface area contributed by atoms with Crippen LogP contribution in [0.25, 0.3) is 11.6 Å². The number of aromatic hydroxyl groups is 1. The van der Waals surface area contributed by atoms with Crippen molar-refractivity contribution < 1.29 is 44.1 Å². The molecule has 11 nitrogen and oxygen atoms in total. The van der Waals surface area contributed by atoms with Crippen molar-refractivity contribution in [2.24, 2.45) is 29.4 Å². The normalized spacial score (nSPS) is 32.0. The number of ketones is 5. The first-order valence-corrected chi connectivity index (χ1v) is 12.9. The average Bonchev–Trinajstić information content (AvgIpc) is 2.90. The number of aliphatic hydroxyl groups is 2. The summed E-state index contributed by atoms with van der Waals surface area (Å²) in [5.41, 5.74) is 3.44. The second kappa shape index (κ2) is 9.65. The van der Waals surface area contributed by atoms with Crippen LogP contribution in [0.1, 0.15) is 38.8 Å². The van der Waals surface area contributed by atoms with Gasteiger partial charge in [0, 0.05) is 11.5 Å². The SMILES string of the molecule is CC(=O)c1ccc(C=C2c3cccc(O)c3C(=O)C3C(=O)[C@@]4(O)C(=O)C(C(N)=O)C(=O)[C@H](N(C)C)[C@H]4[C@H](O)[C@@H]23)cc1. The van der Waals surface area contributed by atoms with Gasteiger partial charge in [-0.25, -0.2) is 0 Å². The molecule has 0 bridgehead atoms. The van der Waals surface area contributed by atoms with E-state index in [-0.39, 0.29) is 22.5 Å². The monoisotopic (exact) mass is 560 g/mol. The van der Waals surface area contributed by atoms with Crippen LogP contribution >= 0.6 is 0 Å². The van der Waals surface area contributed by atoms with Gasteiger partial charge in [-0.1, -0.05) is 42.5 Å². The van der Waals surface area contributed by atoms with E-state index in [1.54, 1.807) is 30.3 Å². The molecule has 1 amide bonds. The summed E-state index contributed by atoms with van der Waals surface area (Å²) in [6.07, 6.45) is -0.227. The Morgan fingerprint density at radius 1 is 1.00 bits per heavy atom. The maximum Gasteiger partial charge on any atom is 0.235 e. The molecule has 0 radical (unpaired) electrons. The van der Waals surface area contributed by atoms with Gasteiger partial charge in [-0.2, -0.15) is 0 Å². The fourth-order valence-corrected chi connectivity index (χ4v) is 6.66. The number of hydrogen-bond donors (Lipinski definition) is 4. The third kappa shape index (κ3) is 3.91. The molecule has 5 rings (SSSR count). The van der Waals surface area contributed by atoms with E-state index in [2.05, 4.69) is 0 Å². The molecule has 0 aromatic heterocycles. The Morgan fingerprint density at radius 2 is 1.63 bits per heavy atom. The van der Waals surface area contributed by atoms with Crippen LogP contribution < -0.4 is 5.73 Å². The van der Waals surface area contributed by atoms with Crippen molar-refractivity contribution in [3.05, 3.63) is 64.7 Å². The van der Waals surface area contributed by atoms with Crippen molar-refractivity contribution in [2.45, 2.75) is 24.7 Å². The van der Waals surface area contributed by atoms with Crippen LogP contribution in [0.4, 0.5) is 0 Å². The molecule has 0 spiro atoms. The molecule has 212 valence electrons. The minimum Gasteiger partial charge on any atom is -0.507 e. The lowest BCUT2D eigenvalue weighted by molar-refractivity contribution is -0.192. The molecule has 3 aliphatic rings. The fourth-order valence-electron chi connectivity index (χ4n) is 6.66. The summed E-state index contributed by atoms with van der Waals surface area (Å²) in [7, 11) is 2.85. The van der Waals surface area contributed by atoms with Crippen LogP contribution in [-0.4, -0.2) is 86.9 Å². The summed E-state index contributed by atoms with van der Waals surface area (Å²) in [6.45, 7) is 1.41. The van der Waals surface area contributed by atoms with Gasteiger partial charge in [0.05, 0.1) is 29.5 Å². The van der Waals surface area contributed by atoms with E-state index in [4.69, 9.17) is 5.73 Å².